The van der Waals surface area contributed by atoms with Crippen LogP contribution < -0.4 is 0 Å². The Labute approximate surface area is 332 Å². The Morgan fingerprint density at radius 3 is 0.846 bits per heavy atom. The quantitative estimate of drug-likeness (QED) is 0.151. The van der Waals surface area contributed by atoms with Gasteiger partial charge in [-0.1, -0.05) is 158 Å². The van der Waals surface area contributed by atoms with Crippen LogP contribution >= 0.6 is 45.2 Å². The van der Waals surface area contributed by atoms with Gasteiger partial charge in [0, 0.05) is 7.14 Å². The molecule has 0 bridgehead atoms. The van der Waals surface area contributed by atoms with Crippen LogP contribution in [-0.2, 0) is 10.8 Å². The van der Waals surface area contributed by atoms with E-state index >= 15 is 0 Å². The van der Waals surface area contributed by atoms with Crippen molar-refractivity contribution in [3.05, 3.63) is 246 Å². The molecule has 0 heterocycles. The van der Waals surface area contributed by atoms with Crippen LogP contribution in [0.3, 0.4) is 0 Å². The van der Waals surface area contributed by atoms with E-state index in [1.807, 2.05) is 0 Å². The van der Waals surface area contributed by atoms with E-state index in [4.69, 9.17) is 0 Å². The number of hydrogen-bond acceptors (Lipinski definition) is 0. The first-order valence-corrected chi connectivity index (χ1v) is 19.9. The molecule has 0 N–H and O–H groups in total. The smallest absolute Gasteiger partial charge is 0.0622 e. The molecule has 8 aromatic rings. The Morgan fingerprint density at radius 2 is 0.538 bits per heavy atom. The summed E-state index contributed by atoms with van der Waals surface area (Å²) in [5.41, 5.74) is 17.2. The summed E-state index contributed by atoms with van der Waals surface area (Å²) in [6.07, 6.45) is 0. The summed E-state index contributed by atoms with van der Waals surface area (Å²) in [5, 5.41) is 0. The minimum Gasteiger partial charge on any atom is -0.0622 e. The van der Waals surface area contributed by atoms with Gasteiger partial charge in [-0.2, -0.15) is 0 Å². The van der Waals surface area contributed by atoms with Gasteiger partial charge < -0.3 is 0 Å². The largest absolute Gasteiger partial charge is 0.0714 e. The number of fused-ring (bicyclic) bond motifs is 6. The second-order valence-electron chi connectivity index (χ2n) is 13.9. The zero-order valence-electron chi connectivity index (χ0n) is 28.2. The molecule has 0 atom stereocenters. The molecule has 2 aliphatic carbocycles. The van der Waals surface area contributed by atoms with Crippen LogP contribution in [0.25, 0.3) is 33.4 Å². The average molecular weight is 887 g/mol. The predicted molar refractivity (Wildman–Crippen MR) is 232 cm³/mol. The highest BCUT2D eigenvalue weighted by atomic mass is 127. The minimum absolute atomic E-state index is 0.453. The van der Waals surface area contributed by atoms with E-state index in [-0.39, 0.29) is 0 Å². The van der Waals surface area contributed by atoms with Gasteiger partial charge in [-0.3, -0.25) is 0 Å². The van der Waals surface area contributed by atoms with Crippen molar-refractivity contribution >= 4 is 45.2 Å². The molecule has 2 heteroatoms. The van der Waals surface area contributed by atoms with Crippen molar-refractivity contribution < 1.29 is 0 Å². The highest BCUT2D eigenvalue weighted by molar-refractivity contribution is 14.1. The van der Waals surface area contributed by atoms with Crippen molar-refractivity contribution in [2.75, 3.05) is 0 Å². The Bertz CT molecular complexity index is 2360. The Hall–Kier alpha value is -4.78. The molecule has 10 rings (SSSR count). The van der Waals surface area contributed by atoms with Crippen LogP contribution in [0.4, 0.5) is 0 Å². The van der Waals surface area contributed by atoms with Gasteiger partial charge in [0.05, 0.1) is 10.8 Å². The molecule has 8 aromatic carbocycles. The summed E-state index contributed by atoms with van der Waals surface area (Å²) >= 11 is 4.95. The second kappa shape index (κ2) is 12.4. The van der Waals surface area contributed by atoms with Crippen molar-refractivity contribution in [3.8, 4) is 33.4 Å². The average Bonchev–Trinajstić information content (AvgIpc) is 3.65. The van der Waals surface area contributed by atoms with Crippen LogP contribution in [0.5, 0.6) is 0 Å². The highest BCUT2D eigenvalue weighted by Gasteiger charge is 2.48. The highest BCUT2D eigenvalue weighted by Crippen LogP contribution is 2.59. The van der Waals surface area contributed by atoms with Crippen LogP contribution in [-0.4, -0.2) is 0 Å². The molecule has 0 nitrogen and oxygen atoms in total. The molecule has 0 fully saturated rings. The normalized spacial score (nSPS) is 14.3. The predicted octanol–water partition coefficient (Wildman–Crippen LogP) is 13.3. The third kappa shape index (κ3) is 4.56. The van der Waals surface area contributed by atoms with Crippen molar-refractivity contribution in [2.45, 2.75) is 10.8 Å². The fraction of sp³-hybridized carbons (Fsp3) is 0.0400. The van der Waals surface area contributed by atoms with Crippen molar-refractivity contribution in [1.29, 1.82) is 0 Å². The van der Waals surface area contributed by atoms with Crippen LogP contribution in [0, 0.1) is 7.14 Å². The summed E-state index contributed by atoms with van der Waals surface area (Å²) in [6, 6.07) is 72.7. The second-order valence-corrected chi connectivity index (χ2v) is 16.4. The van der Waals surface area contributed by atoms with Crippen LogP contribution in [0.2, 0.25) is 0 Å². The number of rotatable bonds is 5. The van der Waals surface area contributed by atoms with E-state index in [0.717, 1.165) is 0 Å². The Balaban J connectivity index is 1.25. The monoisotopic (exact) mass is 886 g/mol. The topological polar surface area (TPSA) is 0 Å². The van der Waals surface area contributed by atoms with E-state index in [0.29, 0.717) is 0 Å². The van der Waals surface area contributed by atoms with Gasteiger partial charge in [-0.15, -0.1) is 0 Å². The summed E-state index contributed by atoms with van der Waals surface area (Å²) in [5.74, 6) is 0. The van der Waals surface area contributed by atoms with Gasteiger partial charge in [0.15, 0.2) is 0 Å². The van der Waals surface area contributed by atoms with Gasteiger partial charge in [-0.05, 0) is 159 Å². The van der Waals surface area contributed by atoms with E-state index in [1.165, 1.54) is 85.0 Å². The first kappa shape index (κ1) is 31.9. The maximum atomic E-state index is 2.49. The molecule has 0 saturated carbocycles. The molecule has 0 aromatic heterocycles. The van der Waals surface area contributed by atoms with E-state index < -0.39 is 10.8 Å². The fourth-order valence-corrected chi connectivity index (χ4v) is 10.3. The Kier molecular flexibility index (Phi) is 7.63. The number of hydrogen-bond donors (Lipinski definition) is 0. The standard InChI is InChI=1S/C50H32I2/c51-39-23-27-43-41-25-21-33(29-45(41)49(47(43)31-39,35-13-5-1-6-14-35)36-15-7-2-8-16-36)34-22-26-42-44-28-24-40(52)32-48(44)50(46(42)30-34,37-17-9-3-10-18-37)38-19-11-4-12-20-38/h1-32H. The fourth-order valence-electron chi connectivity index (χ4n) is 9.28. The lowest BCUT2D eigenvalue weighted by molar-refractivity contribution is 0.767. The third-order valence-electron chi connectivity index (χ3n) is 11.4. The molecule has 0 amide bonds. The zero-order valence-corrected chi connectivity index (χ0v) is 32.5. The first-order valence-electron chi connectivity index (χ1n) is 17.7. The lowest BCUT2D eigenvalue weighted by Gasteiger charge is -2.34. The molecule has 0 spiro atoms. The molecule has 2 aliphatic rings. The van der Waals surface area contributed by atoms with E-state index in [2.05, 4.69) is 239 Å². The third-order valence-corrected chi connectivity index (χ3v) is 12.7. The van der Waals surface area contributed by atoms with E-state index in [9.17, 15) is 0 Å². The molecular weight excluding hydrogens is 854 g/mol. The molecule has 52 heavy (non-hydrogen) atoms. The lowest BCUT2D eigenvalue weighted by atomic mass is 9.67. The van der Waals surface area contributed by atoms with E-state index in [1.54, 1.807) is 0 Å². The van der Waals surface area contributed by atoms with Gasteiger partial charge >= 0.3 is 0 Å². The van der Waals surface area contributed by atoms with Crippen LogP contribution in [0.1, 0.15) is 44.5 Å². The molecule has 0 aliphatic heterocycles. The van der Waals surface area contributed by atoms with Crippen molar-refractivity contribution in [3.63, 3.8) is 0 Å². The number of halogens is 2. The summed E-state index contributed by atoms with van der Waals surface area (Å²) in [7, 11) is 0. The van der Waals surface area contributed by atoms with Gasteiger partial charge in [0.1, 0.15) is 0 Å². The van der Waals surface area contributed by atoms with Gasteiger partial charge in [0.25, 0.3) is 0 Å². The molecule has 0 unspecified atom stereocenters. The molecular formula is C50H32I2. The van der Waals surface area contributed by atoms with Crippen molar-refractivity contribution in [1.82, 2.24) is 0 Å². The molecule has 246 valence electrons. The maximum absolute atomic E-state index is 2.49. The first-order chi connectivity index (χ1) is 25.6. The van der Waals surface area contributed by atoms with Crippen molar-refractivity contribution in [2.24, 2.45) is 0 Å². The summed E-state index contributed by atoms with van der Waals surface area (Å²) in [4.78, 5) is 0. The van der Waals surface area contributed by atoms with Crippen LogP contribution in [0.15, 0.2) is 194 Å². The van der Waals surface area contributed by atoms with Gasteiger partial charge in [0.2, 0.25) is 0 Å². The molecule has 0 saturated heterocycles. The summed E-state index contributed by atoms with van der Waals surface area (Å²) < 4.78 is 2.48. The lowest BCUT2D eigenvalue weighted by Crippen LogP contribution is -2.29. The number of benzene rings is 8. The summed E-state index contributed by atoms with van der Waals surface area (Å²) in [6.45, 7) is 0. The maximum Gasteiger partial charge on any atom is 0.0714 e. The SMILES string of the molecule is Ic1ccc2c(c1)C(c1ccccc1)(c1ccccc1)c1cc(-c3ccc4c(c3)C(c3ccccc3)(c3ccccc3)c3cc(I)ccc3-4)ccc1-2. The molecule has 0 radical (unpaired) electrons. The van der Waals surface area contributed by atoms with Gasteiger partial charge in [-0.25, -0.2) is 0 Å². The Morgan fingerprint density at radius 1 is 0.269 bits per heavy atom. The zero-order chi connectivity index (χ0) is 34.9. The minimum atomic E-state index is -0.453.